The topological polar surface area (TPSA) is 26.0 Å². The zero-order chi connectivity index (χ0) is 10.6. The Balaban J connectivity index is 2.76. The molecule has 0 bridgehead atoms. The van der Waals surface area contributed by atoms with Gasteiger partial charge in [-0.25, -0.2) is 4.39 Å². The van der Waals surface area contributed by atoms with Crippen molar-refractivity contribution in [3.63, 3.8) is 0 Å². The van der Waals surface area contributed by atoms with Gasteiger partial charge in [0.25, 0.3) is 0 Å². The highest BCUT2D eigenvalue weighted by atomic mass is 79.9. The summed E-state index contributed by atoms with van der Waals surface area (Å²) in [6, 6.07) is 5.18. The van der Waals surface area contributed by atoms with Gasteiger partial charge in [-0.15, -0.1) is 0 Å². The van der Waals surface area contributed by atoms with E-state index in [1.54, 1.807) is 0 Å². The Labute approximate surface area is 92.6 Å². The summed E-state index contributed by atoms with van der Waals surface area (Å²) in [5.41, 5.74) is 6.33. The fraction of sp³-hybridized carbons (Fsp3) is 0.455. The predicted octanol–water partition coefficient (Wildman–Crippen LogP) is 3.12. The minimum atomic E-state index is -0.147. The number of hydrogen-bond acceptors (Lipinski definition) is 1. The molecular formula is C11H15BrFN. The van der Waals surface area contributed by atoms with Crippen molar-refractivity contribution in [2.75, 3.05) is 6.54 Å². The average Bonchev–Trinajstić information content (AvgIpc) is 2.17. The van der Waals surface area contributed by atoms with E-state index in [4.69, 9.17) is 5.73 Å². The summed E-state index contributed by atoms with van der Waals surface area (Å²) < 4.78 is 14.2. The molecule has 2 N–H and O–H groups in total. The second kappa shape index (κ2) is 5.47. The number of hydrogen-bond donors (Lipinski definition) is 1. The molecule has 0 radical (unpaired) electrons. The van der Waals surface area contributed by atoms with Gasteiger partial charge in [0, 0.05) is 4.47 Å². The van der Waals surface area contributed by atoms with Crippen LogP contribution in [0.1, 0.15) is 18.9 Å². The molecule has 0 heterocycles. The molecule has 1 aromatic carbocycles. The highest BCUT2D eigenvalue weighted by Crippen LogP contribution is 2.18. The SMILES string of the molecule is CCC(CN)Cc1ccc(Br)cc1F. The Morgan fingerprint density at radius 2 is 2.21 bits per heavy atom. The summed E-state index contributed by atoms with van der Waals surface area (Å²) in [5.74, 6) is 0.233. The van der Waals surface area contributed by atoms with Crippen molar-refractivity contribution in [1.82, 2.24) is 0 Å². The van der Waals surface area contributed by atoms with Crippen molar-refractivity contribution in [2.45, 2.75) is 19.8 Å². The Bertz CT molecular complexity index is 297. The van der Waals surface area contributed by atoms with E-state index in [9.17, 15) is 4.39 Å². The molecule has 0 aromatic heterocycles. The second-order valence-electron chi connectivity index (χ2n) is 3.45. The van der Waals surface area contributed by atoms with Crippen LogP contribution in [0.15, 0.2) is 22.7 Å². The molecule has 0 amide bonds. The van der Waals surface area contributed by atoms with Gasteiger partial charge in [0.15, 0.2) is 0 Å². The van der Waals surface area contributed by atoms with Crippen molar-refractivity contribution in [3.8, 4) is 0 Å². The molecule has 14 heavy (non-hydrogen) atoms. The van der Waals surface area contributed by atoms with E-state index in [2.05, 4.69) is 22.9 Å². The molecule has 1 nitrogen and oxygen atoms in total. The Hall–Kier alpha value is -0.410. The van der Waals surface area contributed by atoms with Gasteiger partial charge in [0.1, 0.15) is 5.82 Å². The molecule has 0 saturated heterocycles. The van der Waals surface area contributed by atoms with Crippen LogP contribution < -0.4 is 5.73 Å². The maximum atomic E-state index is 13.4. The lowest BCUT2D eigenvalue weighted by atomic mass is 9.97. The standard InChI is InChI=1S/C11H15BrFN/c1-2-8(7-14)5-9-3-4-10(12)6-11(9)13/h3-4,6,8H,2,5,7,14H2,1H3. The van der Waals surface area contributed by atoms with Crippen LogP contribution in [0.5, 0.6) is 0 Å². The van der Waals surface area contributed by atoms with Crippen LogP contribution in [0.3, 0.4) is 0 Å². The molecule has 0 aliphatic carbocycles. The number of rotatable bonds is 4. The lowest BCUT2D eigenvalue weighted by Gasteiger charge is -2.12. The van der Waals surface area contributed by atoms with Gasteiger partial charge < -0.3 is 5.73 Å². The van der Waals surface area contributed by atoms with E-state index in [1.165, 1.54) is 6.07 Å². The summed E-state index contributed by atoms with van der Waals surface area (Å²) >= 11 is 3.23. The van der Waals surface area contributed by atoms with Crippen molar-refractivity contribution >= 4 is 15.9 Å². The van der Waals surface area contributed by atoms with Crippen molar-refractivity contribution in [1.29, 1.82) is 0 Å². The Morgan fingerprint density at radius 3 is 2.71 bits per heavy atom. The van der Waals surface area contributed by atoms with Gasteiger partial charge in [0.2, 0.25) is 0 Å². The first-order chi connectivity index (χ1) is 6.67. The molecule has 0 saturated carbocycles. The fourth-order valence-electron chi connectivity index (χ4n) is 1.39. The zero-order valence-corrected chi connectivity index (χ0v) is 9.85. The molecule has 0 spiro atoms. The Morgan fingerprint density at radius 1 is 1.50 bits per heavy atom. The van der Waals surface area contributed by atoms with Gasteiger partial charge in [0.05, 0.1) is 0 Å². The Kier molecular flexibility index (Phi) is 4.55. The summed E-state index contributed by atoms with van der Waals surface area (Å²) in [7, 11) is 0. The fourth-order valence-corrected chi connectivity index (χ4v) is 1.73. The van der Waals surface area contributed by atoms with Crippen LogP contribution in [0.4, 0.5) is 4.39 Å². The third-order valence-electron chi connectivity index (χ3n) is 2.43. The molecule has 1 unspecified atom stereocenters. The van der Waals surface area contributed by atoms with Crippen LogP contribution in [-0.4, -0.2) is 6.54 Å². The van der Waals surface area contributed by atoms with E-state index < -0.39 is 0 Å². The summed E-state index contributed by atoms with van der Waals surface area (Å²) in [5, 5.41) is 0. The highest BCUT2D eigenvalue weighted by Gasteiger charge is 2.09. The first-order valence-corrected chi connectivity index (χ1v) is 5.60. The number of halogens is 2. The van der Waals surface area contributed by atoms with Crippen LogP contribution >= 0.6 is 15.9 Å². The molecule has 78 valence electrons. The first kappa shape index (κ1) is 11.7. The quantitative estimate of drug-likeness (QED) is 0.884. The normalized spacial score (nSPS) is 12.9. The maximum absolute atomic E-state index is 13.4. The highest BCUT2D eigenvalue weighted by molar-refractivity contribution is 9.10. The molecular weight excluding hydrogens is 245 g/mol. The largest absolute Gasteiger partial charge is 0.330 e. The third-order valence-corrected chi connectivity index (χ3v) is 2.93. The number of benzene rings is 1. The van der Waals surface area contributed by atoms with Gasteiger partial charge in [-0.1, -0.05) is 35.3 Å². The second-order valence-corrected chi connectivity index (χ2v) is 4.37. The zero-order valence-electron chi connectivity index (χ0n) is 8.26. The van der Waals surface area contributed by atoms with Crippen molar-refractivity contribution < 1.29 is 4.39 Å². The summed E-state index contributed by atoms with van der Waals surface area (Å²) in [4.78, 5) is 0. The van der Waals surface area contributed by atoms with E-state index in [0.29, 0.717) is 12.5 Å². The maximum Gasteiger partial charge on any atom is 0.127 e. The molecule has 0 fully saturated rings. The molecule has 1 aromatic rings. The van der Waals surface area contributed by atoms with Gasteiger partial charge >= 0.3 is 0 Å². The van der Waals surface area contributed by atoms with Crippen LogP contribution in [-0.2, 0) is 6.42 Å². The summed E-state index contributed by atoms with van der Waals surface area (Å²) in [6.07, 6.45) is 1.72. The van der Waals surface area contributed by atoms with Gasteiger partial charge in [-0.3, -0.25) is 0 Å². The lowest BCUT2D eigenvalue weighted by Crippen LogP contribution is -2.16. The van der Waals surface area contributed by atoms with Crippen molar-refractivity contribution in [2.24, 2.45) is 11.7 Å². The van der Waals surface area contributed by atoms with E-state index >= 15 is 0 Å². The summed E-state index contributed by atoms with van der Waals surface area (Å²) in [6.45, 7) is 2.69. The smallest absolute Gasteiger partial charge is 0.127 e. The predicted molar refractivity (Wildman–Crippen MR) is 60.6 cm³/mol. The van der Waals surface area contributed by atoms with Crippen LogP contribution in [0.25, 0.3) is 0 Å². The minimum Gasteiger partial charge on any atom is -0.330 e. The third kappa shape index (κ3) is 3.07. The first-order valence-electron chi connectivity index (χ1n) is 4.81. The molecule has 1 atom stereocenters. The van der Waals surface area contributed by atoms with Crippen LogP contribution in [0, 0.1) is 11.7 Å². The van der Waals surface area contributed by atoms with Crippen LogP contribution in [0.2, 0.25) is 0 Å². The molecule has 1 rings (SSSR count). The number of nitrogens with two attached hydrogens (primary N) is 1. The lowest BCUT2D eigenvalue weighted by molar-refractivity contribution is 0.500. The molecule has 0 aliphatic rings. The van der Waals surface area contributed by atoms with Gasteiger partial charge in [-0.2, -0.15) is 0 Å². The average molecular weight is 260 g/mol. The van der Waals surface area contributed by atoms with Gasteiger partial charge in [-0.05, 0) is 36.6 Å². The van der Waals surface area contributed by atoms with Crippen molar-refractivity contribution in [3.05, 3.63) is 34.1 Å². The van der Waals surface area contributed by atoms with E-state index in [1.807, 2.05) is 12.1 Å². The minimum absolute atomic E-state index is 0.147. The molecule has 0 aliphatic heterocycles. The van der Waals surface area contributed by atoms with E-state index in [0.717, 1.165) is 22.9 Å². The van der Waals surface area contributed by atoms with E-state index in [-0.39, 0.29) is 5.82 Å². The molecule has 3 heteroatoms. The monoisotopic (exact) mass is 259 g/mol.